The average Bonchev–Trinajstić information content (AvgIpc) is 3.25. The van der Waals surface area contributed by atoms with Crippen molar-refractivity contribution in [2.75, 3.05) is 26.2 Å². The van der Waals surface area contributed by atoms with E-state index in [2.05, 4.69) is 26.5 Å². The first-order valence-corrected chi connectivity index (χ1v) is 10.5. The molecule has 0 N–H and O–H groups in total. The molecule has 3 aromatic rings. The molecular weight excluding hydrogens is 390 g/mol. The SMILES string of the molecule is N#Cc1ccc(CN2CCCN(C(=O)C(Cc3ccccc3)n3cnnn3)CC2)cc1. The molecule has 1 amide bonds. The lowest BCUT2D eigenvalue weighted by atomic mass is 10.0. The number of rotatable bonds is 6. The summed E-state index contributed by atoms with van der Waals surface area (Å²) in [6.45, 7) is 3.93. The Morgan fingerprint density at radius 2 is 1.81 bits per heavy atom. The summed E-state index contributed by atoms with van der Waals surface area (Å²) in [5, 5.41) is 20.4. The van der Waals surface area contributed by atoms with E-state index in [4.69, 9.17) is 5.26 Å². The van der Waals surface area contributed by atoms with E-state index < -0.39 is 6.04 Å². The van der Waals surface area contributed by atoms with Crippen LogP contribution in [0.1, 0.15) is 29.2 Å². The monoisotopic (exact) mass is 415 g/mol. The topological polar surface area (TPSA) is 90.9 Å². The fourth-order valence-corrected chi connectivity index (χ4v) is 3.95. The molecule has 2 aromatic carbocycles. The molecule has 1 saturated heterocycles. The van der Waals surface area contributed by atoms with Crippen LogP contribution in [0.5, 0.6) is 0 Å². The van der Waals surface area contributed by atoms with Crippen LogP contribution in [0, 0.1) is 11.3 Å². The molecule has 0 bridgehead atoms. The number of hydrogen-bond donors (Lipinski definition) is 0. The summed E-state index contributed by atoms with van der Waals surface area (Å²) in [5.41, 5.74) is 2.92. The Balaban J connectivity index is 1.41. The lowest BCUT2D eigenvalue weighted by Gasteiger charge is -2.26. The fourth-order valence-electron chi connectivity index (χ4n) is 3.95. The number of aromatic nitrogens is 4. The van der Waals surface area contributed by atoms with E-state index in [1.165, 1.54) is 11.9 Å². The summed E-state index contributed by atoms with van der Waals surface area (Å²) in [6.07, 6.45) is 2.98. The molecule has 8 heteroatoms. The van der Waals surface area contributed by atoms with E-state index in [9.17, 15) is 4.79 Å². The van der Waals surface area contributed by atoms with Gasteiger partial charge in [-0.2, -0.15) is 5.26 Å². The van der Waals surface area contributed by atoms with Gasteiger partial charge >= 0.3 is 0 Å². The van der Waals surface area contributed by atoms with E-state index in [0.29, 0.717) is 18.5 Å². The summed E-state index contributed by atoms with van der Waals surface area (Å²) in [4.78, 5) is 17.7. The molecule has 0 radical (unpaired) electrons. The van der Waals surface area contributed by atoms with Gasteiger partial charge in [-0.3, -0.25) is 9.69 Å². The lowest BCUT2D eigenvalue weighted by Crippen LogP contribution is -2.40. The van der Waals surface area contributed by atoms with Gasteiger partial charge in [0.05, 0.1) is 11.6 Å². The normalized spacial score (nSPS) is 15.8. The maximum Gasteiger partial charge on any atom is 0.247 e. The summed E-state index contributed by atoms with van der Waals surface area (Å²) < 4.78 is 1.56. The smallest absolute Gasteiger partial charge is 0.247 e. The third-order valence-electron chi connectivity index (χ3n) is 5.63. The van der Waals surface area contributed by atoms with E-state index in [0.717, 1.165) is 38.2 Å². The Labute approximate surface area is 181 Å². The number of hydrogen-bond acceptors (Lipinski definition) is 6. The third kappa shape index (κ3) is 5.32. The molecule has 8 nitrogen and oxygen atoms in total. The number of benzene rings is 2. The maximum atomic E-state index is 13.4. The van der Waals surface area contributed by atoms with Crippen LogP contribution in [0.4, 0.5) is 0 Å². The maximum absolute atomic E-state index is 13.4. The van der Waals surface area contributed by atoms with E-state index in [1.54, 1.807) is 4.68 Å². The average molecular weight is 416 g/mol. The van der Waals surface area contributed by atoms with Crippen molar-refractivity contribution >= 4 is 5.91 Å². The van der Waals surface area contributed by atoms with Crippen molar-refractivity contribution in [3.05, 3.63) is 77.6 Å². The van der Waals surface area contributed by atoms with Crippen LogP contribution in [0.15, 0.2) is 60.9 Å². The Hall–Kier alpha value is -3.57. The van der Waals surface area contributed by atoms with Crippen LogP contribution in [0.25, 0.3) is 0 Å². The highest BCUT2D eigenvalue weighted by molar-refractivity contribution is 5.80. The van der Waals surface area contributed by atoms with E-state index in [-0.39, 0.29) is 5.91 Å². The zero-order valence-electron chi connectivity index (χ0n) is 17.3. The lowest BCUT2D eigenvalue weighted by molar-refractivity contribution is -0.135. The van der Waals surface area contributed by atoms with Crippen molar-refractivity contribution in [3.8, 4) is 6.07 Å². The third-order valence-corrected chi connectivity index (χ3v) is 5.63. The van der Waals surface area contributed by atoms with Crippen molar-refractivity contribution in [2.45, 2.75) is 25.4 Å². The van der Waals surface area contributed by atoms with Crippen LogP contribution in [-0.4, -0.2) is 62.1 Å². The molecule has 2 heterocycles. The molecule has 158 valence electrons. The van der Waals surface area contributed by atoms with Crippen LogP contribution in [0.3, 0.4) is 0 Å². The molecule has 1 atom stereocenters. The van der Waals surface area contributed by atoms with Gasteiger partial charge in [0.15, 0.2) is 0 Å². The minimum Gasteiger partial charge on any atom is -0.339 e. The van der Waals surface area contributed by atoms with Crippen molar-refractivity contribution in [1.29, 1.82) is 5.26 Å². The Kier molecular flexibility index (Phi) is 6.65. The van der Waals surface area contributed by atoms with Crippen LogP contribution in [-0.2, 0) is 17.8 Å². The van der Waals surface area contributed by atoms with Gasteiger partial charge in [-0.1, -0.05) is 42.5 Å². The molecule has 0 saturated carbocycles. The first-order chi connectivity index (χ1) is 15.2. The van der Waals surface area contributed by atoms with Gasteiger partial charge in [0.1, 0.15) is 12.4 Å². The molecule has 4 rings (SSSR count). The van der Waals surface area contributed by atoms with Gasteiger partial charge in [-0.15, -0.1) is 5.10 Å². The predicted molar refractivity (Wildman–Crippen MR) is 115 cm³/mol. The fraction of sp³-hybridized carbons (Fsp3) is 0.348. The van der Waals surface area contributed by atoms with Gasteiger partial charge in [0.2, 0.25) is 5.91 Å². The molecule has 31 heavy (non-hydrogen) atoms. The van der Waals surface area contributed by atoms with E-state index >= 15 is 0 Å². The zero-order chi connectivity index (χ0) is 21.5. The van der Waals surface area contributed by atoms with Crippen LogP contribution in [0.2, 0.25) is 0 Å². The number of amides is 1. The molecule has 1 aromatic heterocycles. The summed E-state index contributed by atoms with van der Waals surface area (Å²) >= 11 is 0. The molecule has 1 aliphatic heterocycles. The second kappa shape index (κ2) is 9.96. The molecule has 0 spiro atoms. The quantitative estimate of drug-likeness (QED) is 0.612. The number of nitrogens with zero attached hydrogens (tertiary/aromatic N) is 7. The summed E-state index contributed by atoms with van der Waals surface area (Å²) in [6, 6.07) is 19.4. The molecule has 1 fully saturated rings. The second-order valence-electron chi connectivity index (χ2n) is 7.76. The zero-order valence-corrected chi connectivity index (χ0v) is 17.3. The van der Waals surface area contributed by atoms with Gasteiger partial charge < -0.3 is 4.90 Å². The highest BCUT2D eigenvalue weighted by Crippen LogP contribution is 2.18. The number of tetrazole rings is 1. The number of carbonyl (C=O) groups is 1. The highest BCUT2D eigenvalue weighted by Gasteiger charge is 2.28. The molecule has 0 aliphatic carbocycles. The van der Waals surface area contributed by atoms with Gasteiger partial charge in [0.25, 0.3) is 0 Å². The minimum atomic E-state index is -0.456. The van der Waals surface area contributed by atoms with E-state index in [1.807, 2.05) is 59.5 Å². The summed E-state index contributed by atoms with van der Waals surface area (Å²) in [7, 11) is 0. The number of nitriles is 1. The van der Waals surface area contributed by atoms with Gasteiger partial charge in [0, 0.05) is 39.1 Å². The minimum absolute atomic E-state index is 0.0522. The Morgan fingerprint density at radius 1 is 1.00 bits per heavy atom. The standard InChI is InChI=1S/C23H25N7O/c24-16-20-7-9-21(10-8-20)17-28-11-4-12-29(14-13-28)23(31)22(30-18-25-26-27-30)15-19-5-2-1-3-6-19/h1-3,5-10,18,22H,4,11-15,17H2. The van der Waals surface area contributed by atoms with Crippen LogP contribution < -0.4 is 0 Å². The van der Waals surface area contributed by atoms with Crippen molar-refractivity contribution in [3.63, 3.8) is 0 Å². The van der Waals surface area contributed by atoms with Crippen LogP contribution >= 0.6 is 0 Å². The van der Waals surface area contributed by atoms with Crippen molar-refractivity contribution in [2.24, 2.45) is 0 Å². The van der Waals surface area contributed by atoms with Crippen molar-refractivity contribution in [1.82, 2.24) is 30.0 Å². The molecule has 1 aliphatic rings. The second-order valence-corrected chi connectivity index (χ2v) is 7.76. The van der Waals surface area contributed by atoms with Gasteiger partial charge in [-0.25, -0.2) is 4.68 Å². The number of carbonyl (C=O) groups excluding carboxylic acids is 1. The summed E-state index contributed by atoms with van der Waals surface area (Å²) in [5.74, 6) is 0.0522. The predicted octanol–water partition coefficient (Wildman–Crippen LogP) is 2.06. The Bertz CT molecular complexity index is 1010. The van der Waals surface area contributed by atoms with Crippen molar-refractivity contribution < 1.29 is 4.79 Å². The highest BCUT2D eigenvalue weighted by atomic mass is 16.2. The largest absolute Gasteiger partial charge is 0.339 e. The van der Waals surface area contributed by atoms with Gasteiger partial charge in [-0.05, 0) is 40.1 Å². The Morgan fingerprint density at radius 3 is 2.52 bits per heavy atom. The molecule has 1 unspecified atom stereocenters. The first kappa shape index (κ1) is 20.7. The first-order valence-electron chi connectivity index (χ1n) is 10.5. The molecular formula is C23H25N7O.